The summed E-state index contributed by atoms with van der Waals surface area (Å²) in [7, 11) is 1.98. The Kier molecular flexibility index (Phi) is 4.31. The number of amides is 1. The molecule has 0 aliphatic carbocycles. The van der Waals surface area contributed by atoms with E-state index in [1.165, 1.54) is 5.56 Å². The summed E-state index contributed by atoms with van der Waals surface area (Å²) >= 11 is 0. The van der Waals surface area contributed by atoms with Crippen molar-refractivity contribution in [2.45, 2.75) is 32.6 Å². The molecule has 0 N–H and O–H groups in total. The summed E-state index contributed by atoms with van der Waals surface area (Å²) in [4.78, 5) is 15.2. The number of ether oxygens (including phenoxy) is 1. The molecule has 2 aromatic rings. The molecule has 3 heterocycles. The SMILES string of the molecule is Cc1ccc(C(=O)N2CC(c3nncn3C)C3(CCOCC3)C2)cc1C. The van der Waals surface area contributed by atoms with Crippen molar-refractivity contribution in [3.63, 3.8) is 0 Å². The number of hydrogen-bond donors (Lipinski definition) is 0. The van der Waals surface area contributed by atoms with Gasteiger partial charge in [-0.2, -0.15) is 0 Å². The van der Waals surface area contributed by atoms with E-state index in [2.05, 4.69) is 24.0 Å². The molecule has 0 bridgehead atoms. The molecule has 2 fully saturated rings. The molecule has 2 saturated heterocycles. The minimum absolute atomic E-state index is 0.0362. The van der Waals surface area contributed by atoms with E-state index in [-0.39, 0.29) is 17.2 Å². The number of aryl methyl sites for hydroxylation is 3. The summed E-state index contributed by atoms with van der Waals surface area (Å²) in [5, 5.41) is 8.45. The Labute approximate surface area is 154 Å². The van der Waals surface area contributed by atoms with Gasteiger partial charge in [0.25, 0.3) is 5.91 Å². The maximum atomic E-state index is 13.2. The normalized spacial score (nSPS) is 22.1. The highest BCUT2D eigenvalue weighted by atomic mass is 16.5. The van der Waals surface area contributed by atoms with Crippen molar-refractivity contribution in [1.29, 1.82) is 0 Å². The lowest BCUT2D eigenvalue weighted by Gasteiger charge is -2.37. The molecule has 2 aliphatic rings. The number of carbonyl (C=O) groups excluding carboxylic acids is 1. The first-order chi connectivity index (χ1) is 12.5. The van der Waals surface area contributed by atoms with Crippen molar-refractivity contribution in [3.05, 3.63) is 47.0 Å². The van der Waals surface area contributed by atoms with Crippen LogP contribution in [0.15, 0.2) is 24.5 Å². The van der Waals surface area contributed by atoms with Crippen LogP contribution in [0.3, 0.4) is 0 Å². The predicted octanol–water partition coefficient (Wildman–Crippen LogP) is 2.47. The Morgan fingerprint density at radius 1 is 1.23 bits per heavy atom. The number of nitrogens with zero attached hydrogens (tertiary/aromatic N) is 4. The van der Waals surface area contributed by atoms with Gasteiger partial charge in [-0.1, -0.05) is 6.07 Å². The van der Waals surface area contributed by atoms with Crippen LogP contribution in [0.5, 0.6) is 0 Å². The molecular formula is C20H26N4O2. The average molecular weight is 354 g/mol. The molecule has 4 rings (SSSR count). The molecule has 138 valence electrons. The van der Waals surface area contributed by atoms with Crippen LogP contribution in [0.4, 0.5) is 0 Å². The first kappa shape index (κ1) is 17.2. The molecule has 0 radical (unpaired) electrons. The maximum Gasteiger partial charge on any atom is 0.253 e. The van der Waals surface area contributed by atoms with Gasteiger partial charge in [0, 0.05) is 50.2 Å². The Hall–Kier alpha value is -2.21. The summed E-state index contributed by atoms with van der Waals surface area (Å²) in [6, 6.07) is 5.98. The second kappa shape index (κ2) is 6.50. The van der Waals surface area contributed by atoms with Gasteiger partial charge in [-0.05, 0) is 49.9 Å². The monoisotopic (exact) mass is 354 g/mol. The Balaban J connectivity index is 1.65. The molecule has 1 aromatic heterocycles. The second-order valence-corrected chi connectivity index (χ2v) is 7.81. The van der Waals surface area contributed by atoms with Gasteiger partial charge in [0.15, 0.2) is 0 Å². The van der Waals surface area contributed by atoms with E-state index in [0.29, 0.717) is 6.54 Å². The fourth-order valence-corrected chi connectivity index (χ4v) is 4.43. The number of carbonyl (C=O) groups is 1. The van der Waals surface area contributed by atoms with Crippen LogP contribution in [-0.4, -0.2) is 51.9 Å². The average Bonchev–Trinajstić information content (AvgIpc) is 3.21. The summed E-state index contributed by atoms with van der Waals surface area (Å²) in [6.07, 6.45) is 3.67. The van der Waals surface area contributed by atoms with Crippen LogP contribution in [0.2, 0.25) is 0 Å². The molecule has 26 heavy (non-hydrogen) atoms. The number of likely N-dealkylation sites (tertiary alicyclic amines) is 1. The number of hydrogen-bond acceptors (Lipinski definition) is 4. The number of aromatic nitrogens is 3. The van der Waals surface area contributed by atoms with Crippen LogP contribution < -0.4 is 0 Å². The van der Waals surface area contributed by atoms with Gasteiger partial charge in [0.1, 0.15) is 12.2 Å². The van der Waals surface area contributed by atoms with Crippen molar-refractivity contribution in [2.24, 2.45) is 12.5 Å². The molecule has 1 atom stereocenters. The van der Waals surface area contributed by atoms with E-state index in [9.17, 15) is 4.79 Å². The van der Waals surface area contributed by atoms with Gasteiger partial charge in [-0.3, -0.25) is 4.79 Å². The minimum Gasteiger partial charge on any atom is -0.381 e. The molecule has 2 aliphatic heterocycles. The standard InChI is InChI=1S/C20H26N4O2/c1-14-4-5-16(10-15(14)2)19(25)24-11-17(18-22-21-13-23(18)3)20(12-24)6-8-26-9-7-20/h4-5,10,13,17H,6-9,11-12H2,1-3H3. The van der Waals surface area contributed by atoms with E-state index in [4.69, 9.17) is 4.74 Å². The zero-order valence-electron chi connectivity index (χ0n) is 15.7. The fourth-order valence-electron chi connectivity index (χ4n) is 4.43. The van der Waals surface area contributed by atoms with E-state index in [0.717, 1.165) is 49.6 Å². The molecule has 1 unspecified atom stereocenters. The van der Waals surface area contributed by atoms with Crippen LogP contribution in [-0.2, 0) is 11.8 Å². The summed E-state index contributed by atoms with van der Waals surface area (Å²) in [6.45, 7) is 7.08. The topological polar surface area (TPSA) is 60.2 Å². The maximum absolute atomic E-state index is 13.2. The molecule has 1 amide bonds. The van der Waals surface area contributed by atoms with Gasteiger partial charge < -0.3 is 14.2 Å². The Morgan fingerprint density at radius 3 is 2.65 bits per heavy atom. The van der Waals surface area contributed by atoms with Gasteiger partial charge in [0.2, 0.25) is 0 Å². The third kappa shape index (κ3) is 2.82. The first-order valence-electron chi connectivity index (χ1n) is 9.28. The lowest BCUT2D eigenvalue weighted by Crippen LogP contribution is -2.37. The van der Waals surface area contributed by atoms with E-state index >= 15 is 0 Å². The zero-order valence-corrected chi connectivity index (χ0v) is 15.7. The van der Waals surface area contributed by atoms with Crippen molar-refractivity contribution >= 4 is 5.91 Å². The Morgan fingerprint density at radius 2 is 2.00 bits per heavy atom. The van der Waals surface area contributed by atoms with Crippen LogP contribution in [0.25, 0.3) is 0 Å². The molecular weight excluding hydrogens is 328 g/mol. The highest BCUT2D eigenvalue weighted by molar-refractivity contribution is 5.94. The minimum atomic E-state index is 0.0362. The van der Waals surface area contributed by atoms with Crippen molar-refractivity contribution in [1.82, 2.24) is 19.7 Å². The highest BCUT2D eigenvalue weighted by Crippen LogP contribution is 2.49. The van der Waals surface area contributed by atoms with Gasteiger partial charge in [0.05, 0.1) is 0 Å². The van der Waals surface area contributed by atoms with E-state index < -0.39 is 0 Å². The van der Waals surface area contributed by atoms with Gasteiger partial charge in [-0.15, -0.1) is 10.2 Å². The largest absolute Gasteiger partial charge is 0.381 e. The summed E-state index contributed by atoms with van der Waals surface area (Å²) in [5.41, 5.74) is 3.17. The third-order valence-electron chi connectivity index (χ3n) is 6.24. The number of benzene rings is 1. The molecule has 1 spiro atoms. The van der Waals surface area contributed by atoms with Gasteiger partial charge in [-0.25, -0.2) is 0 Å². The van der Waals surface area contributed by atoms with Crippen molar-refractivity contribution in [3.8, 4) is 0 Å². The third-order valence-corrected chi connectivity index (χ3v) is 6.24. The smallest absolute Gasteiger partial charge is 0.253 e. The van der Waals surface area contributed by atoms with Crippen molar-refractivity contribution in [2.75, 3.05) is 26.3 Å². The quantitative estimate of drug-likeness (QED) is 0.831. The number of rotatable bonds is 2. The van der Waals surface area contributed by atoms with E-state index in [1.807, 2.05) is 34.7 Å². The zero-order chi connectivity index (χ0) is 18.3. The van der Waals surface area contributed by atoms with Gasteiger partial charge >= 0.3 is 0 Å². The first-order valence-corrected chi connectivity index (χ1v) is 9.28. The van der Waals surface area contributed by atoms with Crippen LogP contribution in [0.1, 0.15) is 46.1 Å². The second-order valence-electron chi connectivity index (χ2n) is 7.81. The van der Waals surface area contributed by atoms with Crippen molar-refractivity contribution < 1.29 is 9.53 Å². The summed E-state index contributed by atoms with van der Waals surface area (Å²) < 4.78 is 7.61. The Bertz CT molecular complexity index is 823. The summed E-state index contributed by atoms with van der Waals surface area (Å²) in [5.74, 6) is 1.29. The molecule has 6 nitrogen and oxygen atoms in total. The highest BCUT2D eigenvalue weighted by Gasteiger charge is 2.50. The van der Waals surface area contributed by atoms with E-state index in [1.54, 1.807) is 6.33 Å². The molecule has 6 heteroatoms. The molecule has 0 saturated carbocycles. The predicted molar refractivity (Wildman–Crippen MR) is 98.0 cm³/mol. The lowest BCUT2D eigenvalue weighted by atomic mass is 9.72. The van der Waals surface area contributed by atoms with Crippen LogP contribution in [0, 0.1) is 19.3 Å². The lowest BCUT2D eigenvalue weighted by molar-refractivity contribution is 0.0108. The van der Waals surface area contributed by atoms with Crippen LogP contribution >= 0.6 is 0 Å². The molecule has 1 aromatic carbocycles. The fraction of sp³-hybridized carbons (Fsp3) is 0.550.